The quantitative estimate of drug-likeness (QED) is 0.679. The fourth-order valence-electron chi connectivity index (χ4n) is 2.10. The number of carbonyl (C=O) groups excluding carboxylic acids is 2. The first-order valence-electron chi connectivity index (χ1n) is 6.49. The lowest BCUT2D eigenvalue weighted by molar-refractivity contribution is -0.121. The highest BCUT2D eigenvalue weighted by atomic mass is 32.1. The Morgan fingerprint density at radius 1 is 1.40 bits per heavy atom. The van der Waals surface area contributed by atoms with Crippen molar-refractivity contribution in [3.05, 3.63) is 35.4 Å². The molecule has 0 saturated carbocycles. The smallest absolute Gasteiger partial charge is 0.224 e. The van der Waals surface area contributed by atoms with E-state index in [1.54, 1.807) is 0 Å². The molecule has 1 fully saturated rings. The molecule has 1 aliphatic rings. The van der Waals surface area contributed by atoms with Crippen molar-refractivity contribution in [3.63, 3.8) is 0 Å². The van der Waals surface area contributed by atoms with E-state index in [1.807, 2.05) is 24.3 Å². The first-order valence-corrected chi connectivity index (χ1v) is 6.90. The Kier molecular flexibility index (Phi) is 4.68. The topological polar surface area (TPSA) is 84.2 Å². The van der Waals surface area contributed by atoms with Gasteiger partial charge in [-0.3, -0.25) is 9.59 Å². The van der Waals surface area contributed by atoms with Crippen molar-refractivity contribution >= 4 is 29.0 Å². The molecule has 106 valence electrons. The highest BCUT2D eigenvalue weighted by Gasteiger charge is 2.20. The summed E-state index contributed by atoms with van der Waals surface area (Å²) in [5.74, 6) is -0.00758. The second-order valence-corrected chi connectivity index (χ2v) is 5.28. The molecule has 2 amide bonds. The summed E-state index contributed by atoms with van der Waals surface area (Å²) in [5.41, 5.74) is 7.20. The standard InChI is InChI=1S/C14H17N3O2S/c15-14(20)10-3-1-9(2-4-10)7-13(19)16-8-11-5-6-12(18)17-11/h1-4,11H,5-8H2,(H2,15,20)(H,16,19)(H,17,18). The molecule has 4 N–H and O–H groups in total. The lowest BCUT2D eigenvalue weighted by Gasteiger charge is -2.11. The van der Waals surface area contributed by atoms with Crippen LogP contribution in [0.3, 0.4) is 0 Å². The Labute approximate surface area is 122 Å². The van der Waals surface area contributed by atoms with Crippen LogP contribution in [0.5, 0.6) is 0 Å². The molecule has 1 atom stereocenters. The summed E-state index contributed by atoms with van der Waals surface area (Å²) >= 11 is 4.87. The molecule has 20 heavy (non-hydrogen) atoms. The zero-order valence-electron chi connectivity index (χ0n) is 11.0. The van der Waals surface area contributed by atoms with Gasteiger partial charge in [-0.25, -0.2) is 0 Å². The van der Waals surface area contributed by atoms with Crippen molar-refractivity contribution in [2.75, 3.05) is 6.54 Å². The van der Waals surface area contributed by atoms with E-state index in [0.717, 1.165) is 17.5 Å². The molecule has 0 radical (unpaired) electrons. The van der Waals surface area contributed by atoms with E-state index in [9.17, 15) is 9.59 Å². The molecule has 1 saturated heterocycles. The maximum absolute atomic E-state index is 11.8. The van der Waals surface area contributed by atoms with Crippen LogP contribution in [0.1, 0.15) is 24.0 Å². The van der Waals surface area contributed by atoms with Crippen LogP contribution in [0.25, 0.3) is 0 Å². The van der Waals surface area contributed by atoms with E-state index < -0.39 is 0 Å². The molecular weight excluding hydrogens is 274 g/mol. The van der Waals surface area contributed by atoms with Gasteiger partial charge in [-0.1, -0.05) is 36.5 Å². The number of rotatable bonds is 5. The molecule has 1 aliphatic heterocycles. The number of nitrogens with two attached hydrogens (primary N) is 1. The average molecular weight is 291 g/mol. The minimum atomic E-state index is -0.0609. The molecule has 2 rings (SSSR count). The number of amides is 2. The fraction of sp³-hybridized carbons (Fsp3) is 0.357. The first-order chi connectivity index (χ1) is 9.54. The molecule has 1 unspecified atom stereocenters. The van der Waals surface area contributed by atoms with E-state index in [0.29, 0.717) is 24.4 Å². The largest absolute Gasteiger partial charge is 0.389 e. The molecule has 0 aliphatic carbocycles. The van der Waals surface area contributed by atoms with Crippen LogP contribution in [-0.4, -0.2) is 29.4 Å². The van der Waals surface area contributed by atoms with Gasteiger partial charge in [-0.05, 0) is 12.0 Å². The molecular formula is C14H17N3O2S. The van der Waals surface area contributed by atoms with Crippen LogP contribution >= 0.6 is 12.2 Å². The van der Waals surface area contributed by atoms with Crippen LogP contribution in [-0.2, 0) is 16.0 Å². The molecule has 0 aromatic heterocycles. The average Bonchev–Trinajstić information content (AvgIpc) is 2.83. The molecule has 1 aromatic rings. The third-order valence-corrected chi connectivity index (χ3v) is 3.47. The Morgan fingerprint density at radius 2 is 2.10 bits per heavy atom. The second-order valence-electron chi connectivity index (χ2n) is 4.85. The van der Waals surface area contributed by atoms with E-state index in [-0.39, 0.29) is 17.9 Å². The van der Waals surface area contributed by atoms with Gasteiger partial charge in [-0.15, -0.1) is 0 Å². The molecule has 1 aromatic carbocycles. The Hall–Kier alpha value is -1.95. The third-order valence-electron chi connectivity index (χ3n) is 3.23. The summed E-state index contributed by atoms with van der Waals surface area (Å²) < 4.78 is 0. The Bertz CT molecular complexity index is 528. The third kappa shape index (κ3) is 4.03. The van der Waals surface area contributed by atoms with Crippen molar-refractivity contribution in [2.45, 2.75) is 25.3 Å². The second kappa shape index (κ2) is 6.47. The van der Waals surface area contributed by atoms with Crippen molar-refractivity contribution < 1.29 is 9.59 Å². The molecule has 5 nitrogen and oxygen atoms in total. The summed E-state index contributed by atoms with van der Waals surface area (Å²) in [6, 6.07) is 7.35. The van der Waals surface area contributed by atoms with Crippen LogP contribution in [0.4, 0.5) is 0 Å². The summed E-state index contributed by atoms with van der Waals surface area (Å²) in [5, 5.41) is 5.64. The molecule has 1 heterocycles. The summed E-state index contributed by atoms with van der Waals surface area (Å²) in [7, 11) is 0. The lowest BCUT2D eigenvalue weighted by Crippen LogP contribution is -2.38. The van der Waals surface area contributed by atoms with Gasteiger partial charge in [0, 0.05) is 24.6 Å². The van der Waals surface area contributed by atoms with Crippen LogP contribution in [0, 0.1) is 0 Å². The minimum Gasteiger partial charge on any atom is -0.389 e. The van der Waals surface area contributed by atoms with Crippen molar-refractivity contribution in [2.24, 2.45) is 5.73 Å². The molecule has 0 bridgehead atoms. The monoisotopic (exact) mass is 291 g/mol. The van der Waals surface area contributed by atoms with E-state index in [1.165, 1.54) is 0 Å². The van der Waals surface area contributed by atoms with E-state index >= 15 is 0 Å². The highest BCUT2D eigenvalue weighted by molar-refractivity contribution is 7.80. The van der Waals surface area contributed by atoms with E-state index in [2.05, 4.69) is 10.6 Å². The van der Waals surface area contributed by atoms with Crippen molar-refractivity contribution in [3.8, 4) is 0 Å². The van der Waals surface area contributed by atoms with Gasteiger partial charge < -0.3 is 16.4 Å². The van der Waals surface area contributed by atoms with E-state index in [4.69, 9.17) is 18.0 Å². The normalized spacial score (nSPS) is 17.6. The van der Waals surface area contributed by atoms with Gasteiger partial charge in [0.15, 0.2) is 0 Å². The Morgan fingerprint density at radius 3 is 2.65 bits per heavy atom. The summed E-state index contributed by atoms with van der Waals surface area (Å²) in [6.45, 7) is 0.482. The number of nitrogens with one attached hydrogen (secondary N) is 2. The number of carbonyl (C=O) groups is 2. The van der Waals surface area contributed by atoms with Gasteiger partial charge in [-0.2, -0.15) is 0 Å². The number of hydrogen-bond donors (Lipinski definition) is 3. The Balaban J connectivity index is 1.79. The van der Waals surface area contributed by atoms with Crippen LogP contribution < -0.4 is 16.4 Å². The van der Waals surface area contributed by atoms with Gasteiger partial charge >= 0.3 is 0 Å². The van der Waals surface area contributed by atoms with Crippen LogP contribution in [0.15, 0.2) is 24.3 Å². The zero-order chi connectivity index (χ0) is 14.5. The number of benzene rings is 1. The minimum absolute atomic E-state index is 0.0533. The first kappa shape index (κ1) is 14.5. The predicted molar refractivity (Wildman–Crippen MR) is 80.2 cm³/mol. The molecule has 0 spiro atoms. The predicted octanol–water partition coefficient (Wildman–Crippen LogP) is 0.258. The van der Waals surface area contributed by atoms with Gasteiger partial charge in [0.1, 0.15) is 4.99 Å². The number of thiocarbonyl (C=S) groups is 1. The zero-order valence-corrected chi connectivity index (χ0v) is 11.8. The summed E-state index contributed by atoms with van der Waals surface area (Å²) in [6.07, 6.45) is 1.63. The highest BCUT2D eigenvalue weighted by Crippen LogP contribution is 2.07. The fourth-order valence-corrected chi connectivity index (χ4v) is 2.24. The summed E-state index contributed by atoms with van der Waals surface area (Å²) in [4.78, 5) is 23.2. The lowest BCUT2D eigenvalue weighted by atomic mass is 10.1. The maximum atomic E-state index is 11.8. The molecule has 6 heteroatoms. The van der Waals surface area contributed by atoms with Crippen molar-refractivity contribution in [1.82, 2.24) is 10.6 Å². The van der Waals surface area contributed by atoms with Gasteiger partial charge in [0.25, 0.3) is 0 Å². The van der Waals surface area contributed by atoms with Crippen LogP contribution in [0.2, 0.25) is 0 Å². The van der Waals surface area contributed by atoms with Gasteiger partial charge in [0.05, 0.1) is 6.42 Å². The maximum Gasteiger partial charge on any atom is 0.224 e. The number of hydrogen-bond acceptors (Lipinski definition) is 3. The van der Waals surface area contributed by atoms with Gasteiger partial charge in [0.2, 0.25) is 11.8 Å². The van der Waals surface area contributed by atoms with Crippen molar-refractivity contribution in [1.29, 1.82) is 0 Å². The SMILES string of the molecule is NC(=S)c1ccc(CC(=O)NCC2CCC(=O)N2)cc1.